The summed E-state index contributed by atoms with van der Waals surface area (Å²) in [5, 5.41) is 14.9. The number of thioether (sulfide) groups is 1. The van der Waals surface area contributed by atoms with Gasteiger partial charge in [-0.25, -0.2) is 0 Å². The number of aromatic nitrogens is 2. The summed E-state index contributed by atoms with van der Waals surface area (Å²) in [6.07, 6.45) is -0.344. The van der Waals surface area contributed by atoms with Crippen LogP contribution in [-0.2, 0) is 0 Å². The SMILES string of the molecule is CC(C)n1nc(C2CCC(O)(C(F)(F)F)CC2)cc1C1C2CC(N3CCC4(CSC4)C3)CC21. The first-order chi connectivity index (χ1) is 15.6. The van der Waals surface area contributed by atoms with E-state index in [9.17, 15) is 18.3 Å². The summed E-state index contributed by atoms with van der Waals surface area (Å²) in [6, 6.07) is 3.20. The number of hydrogen-bond donors (Lipinski definition) is 1. The summed E-state index contributed by atoms with van der Waals surface area (Å²) < 4.78 is 41.8. The lowest BCUT2D eigenvalue weighted by Crippen LogP contribution is -2.47. The first-order valence-electron chi connectivity index (χ1n) is 12.8. The van der Waals surface area contributed by atoms with Gasteiger partial charge >= 0.3 is 6.18 Å². The average molecular weight is 484 g/mol. The number of rotatable bonds is 4. The predicted molar refractivity (Wildman–Crippen MR) is 124 cm³/mol. The zero-order valence-electron chi connectivity index (χ0n) is 19.7. The van der Waals surface area contributed by atoms with E-state index in [1.54, 1.807) is 0 Å². The molecule has 0 bridgehead atoms. The van der Waals surface area contributed by atoms with Gasteiger partial charge in [0.25, 0.3) is 0 Å². The van der Waals surface area contributed by atoms with E-state index in [1.165, 1.54) is 49.6 Å². The molecule has 0 amide bonds. The predicted octanol–water partition coefficient (Wildman–Crippen LogP) is 5.35. The Morgan fingerprint density at radius 1 is 1.12 bits per heavy atom. The van der Waals surface area contributed by atoms with Crippen molar-refractivity contribution in [3.05, 3.63) is 17.5 Å². The maximum absolute atomic E-state index is 13.2. The Kier molecular flexibility index (Phi) is 5.25. The minimum atomic E-state index is -4.55. The molecule has 5 fully saturated rings. The van der Waals surface area contributed by atoms with Gasteiger partial charge in [0.05, 0.1) is 5.69 Å². The molecule has 0 aromatic carbocycles. The first kappa shape index (κ1) is 22.7. The lowest BCUT2D eigenvalue weighted by Gasteiger charge is -2.38. The van der Waals surface area contributed by atoms with Crippen molar-refractivity contribution in [1.82, 2.24) is 14.7 Å². The molecule has 8 heteroatoms. The van der Waals surface area contributed by atoms with Gasteiger partial charge < -0.3 is 5.11 Å². The van der Waals surface area contributed by atoms with Crippen LogP contribution in [0.15, 0.2) is 6.07 Å². The fourth-order valence-electron chi connectivity index (χ4n) is 7.42. The summed E-state index contributed by atoms with van der Waals surface area (Å²) in [6.45, 7) is 6.86. The molecular weight excluding hydrogens is 447 g/mol. The van der Waals surface area contributed by atoms with E-state index in [0.717, 1.165) is 23.6 Å². The normalized spacial score (nSPS) is 40.4. The van der Waals surface area contributed by atoms with Crippen LogP contribution in [0.1, 0.15) is 88.1 Å². The van der Waals surface area contributed by atoms with Gasteiger partial charge in [-0.3, -0.25) is 9.58 Å². The van der Waals surface area contributed by atoms with E-state index < -0.39 is 11.8 Å². The fourth-order valence-corrected chi connectivity index (χ4v) is 8.67. The van der Waals surface area contributed by atoms with Crippen LogP contribution < -0.4 is 0 Å². The molecule has 1 spiro atoms. The van der Waals surface area contributed by atoms with Gasteiger partial charge in [0.2, 0.25) is 0 Å². The van der Waals surface area contributed by atoms with Crippen molar-refractivity contribution in [3.8, 4) is 0 Å². The van der Waals surface area contributed by atoms with E-state index in [-0.39, 0.29) is 24.8 Å². The topological polar surface area (TPSA) is 41.3 Å². The molecule has 2 aliphatic heterocycles. The van der Waals surface area contributed by atoms with Gasteiger partial charge in [0.1, 0.15) is 0 Å². The molecule has 5 aliphatic rings. The highest BCUT2D eigenvalue weighted by Crippen LogP contribution is 2.65. The Hall–Kier alpha value is -0.730. The maximum atomic E-state index is 13.2. The third-order valence-electron chi connectivity index (χ3n) is 9.59. The first-order valence-corrected chi connectivity index (χ1v) is 13.9. The number of aliphatic hydroxyl groups is 1. The van der Waals surface area contributed by atoms with Crippen molar-refractivity contribution in [1.29, 1.82) is 0 Å². The smallest absolute Gasteiger partial charge is 0.380 e. The minimum absolute atomic E-state index is 0.0128. The molecule has 33 heavy (non-hydrogen) atoms. The number of halogens is 3. The molecule has 1 N–H and O–H groups in total. The van der Waals surface area contributed by atoms with E-state index in [0.29, 0.717) is 24.2 Å². The molecule has 4 nitrogen and oxygen atoms in total. The van der Waals surface area contributed by atoms with Crippen molar-refractivity contribution in [2.75, 3.05) is 24.6 Å². The number of likely N-dealkylation sites (tertiary alicyclic amines) is 1. The summed E-state index contributed by atoms with van der Waals surface area (Å²) in [7, 11) is 0. The van der Waals surface area contributed by atoms with Crippen LogP contribution >= 0.6 is 11.8 Å². The zero-order chi connectivity index (χ0) is 23.2. The number of hydrogen-bond acceptors (Lipinski definition) is 4. The van der Waals surface area contributed by atoms with Crippen molar-refractivity contribution < 1.29 is 18.3 Å². The Balaban J connectivity index is 1.12. The molecule has 3 aliphatic carbocycles. The van der Waals surface area contributed by atoms with Gasteiger partial charge in [-0.1, -0.05) is 0 Å². The van der Waals surface area contributed by atoms with Crippen LogP contribution in [-0.4, -0.2) is 62.2 Å². The third-order valence-corrected chi connectivity index (χ3v) is 11.2. The van der Waals surface area contributed by atoms with Crippen LogP contribution in [0.5, 0.6) is 0 Å². The third kappa shape index (κ3) is 3.68. The average Bonchev–Trinajstić information content (AvgIpc) is 3.21. The molecule has 1 aromatic heterocycles. The van der Waals surface area contributed by atoms with Crippen LogP contribution in [0.3, 0.4) is 0 Å². The second-order valence-corrected chi connectivity index (χ2v) is 13.0. The lowest BCUT2D eigenvalue weighted by atomic mass is 9.77. The largest absolute Gasteiger partial charge is 0.417 e. The van der Waals surface area contributed by atoms with E-state index in [1.807, 2.05) is 0 Å². The summed E-state index contributed by atoms with van der Waals surface area (Å²) in [4.78, 5) is 2.78. The standard InChI is InChI=1S/C25H36F3N3OS/c1-15(2)31-21(11-20(29-31)16-3-5-24(32,6-4-16)25(26,27)28)22-18-9-17(10-19(18)22)30-8-7-23(12-30)13-33-14-23/h11,15-19,22,32H,3-10,12-14H2,1-2H3. The highest BCUT2D eigenvalue weighted by atomic mass is 32.2. The fraction of sp³-hybridized carbons (Fsp3) is 0.880. The van der Waals surface area contributed by atoms with Gasteiger partial charge in [0, 0.05) is 53.1 Å². The Morgan fingerprint density at radius 2 is 1.79 bits per heavy atom. The maximum Gasteiger partial charge on any atom is 0.417 e. The second-order valence-electron chi connectivity index (χ2n) is 12.0. The lowest BCUT2D eigenvalue weighted by molar-refractivity contribution is -0.270. The van der Waals surface area contributed by atoms with Crippen LogP contribution in [0.25, 0.3) is 0 Å². The summed E-state index contributed by atoms with van der Waals surface area (Å²) >= 11 is 2.10. The molecule has 1 aromatic rings. The van der Waals surface area contributed by atoms with Gasteiger partial charge in [-0.2, -0.15) is 30.0 Å². The van der Waals surface area contributed by atoms with Crippen LogP contribution in [0.2, 0.25) is 0 Å². The molecule has 2 atom stereocenters. The van der Waals surface area contributed by atoms with Crippen molar-refractivity contribution in [2.24, 2.45) is 17.3 Å². The Labute approximate surface area is 198 Å². The molecule has 3 saturated carbocycles. The van der Waals surface area contributed by atoms with Gasteiger partial charge in [-0.15, -0.1) is 0 Å². The molecule has 2 saturated heterocycles. The minimum Gasteiger partial charge on any atom is -0.380 e. The van der Waals surface area contributed by atoms with E-state index in [4.69, 9.17) is 5.10 Å². The van der Waals surface area contributed by atoms with Gasteiger partial charge in [-0.05, 0) is 83.2 Å². The van der Waals surface area contributed by atoms with Crippen LogP contribution in [0.4, 0.5) is 13.2 Å². The Morgan fingerprint density at radius 3 is 2.30 bits per heavy atom. The van der Waals surface area contributed by atoms with Crippen molar-refractivity contribution >= 4 is 11.8 Å². The highest BCUT2D eigenvalue weighted by Gasteiger charge is 2.60. The Bertz CT molecular complexity index is 891. The zero-order valence-corrected chi connectivity index (χ0v) is 20.5. The molecular formula is C25H36F3N3OS. The number of fused-ring (bicyclic) bond motifs is 1. The molecule has 184 valence electrons. The monoisotopic (exact) mass is 483 g/mol. The van der Waals surface area contributed by atoms with Crippen molar-refractivity contribution in [2.45, 2.75) is 94.5 Å². The van der Waals surface area contributed by atoms with E-state index >= 15 is 0 Å². The number of nitrogens with zero attached hydrogens (tertiary/aromatic N) is 3. The summed E-state index contributed by atoms with van der Waals surface area (Å²) in [5.41, 5.74) is 0.342. The quantitative estimate of drug-likeness (QED) is 0.627. The number of alkyl halides is 3. The molecule has 3 heterocycles. The molecule has 6 rings (SSSR count). The van der Waals surface area contributed by atoms with Gasteiger partial charge in [0.15, 0.2) is 5.60 Å². The second kappa shape index (κ2) is 7.63. The summed E-state index contributed by atoms with van der Waals surface area (Å²) in [5.74, 6) is 4.76. The molecule has 2 unspecified atom stereocenters. The van der Waals surface area contributed by atoms with Crippen LogP contribution in [0, 0.1) is 17.3 Å². The van der Waals surface area contributed by atoms with E-state index in [2.05, 4.69) is 41.3 Å². The molecule has 0 radical (unpaired) electrons. The highest BCUT2D eigenvalue weighted by molar-refractivity contribution is 8.00. The van der Waals surface area contributed by atoms with Crippen molar-refractivity contribution in [3.63, 3.8) is 0 Å².